The van der Waals surface area contributed by atoms with Crippen LogP contribution in [0.2, 0.25) is 0 Å². The first-order chi connectivity index (χ1) is 8.04. The van der Waals surface area contributed by atoms with Crippen LogP contribution in [0.5, 0.6) is 0 Å². The first-order valence-corrected chi connectivity index (χ1v) is 7.20. The van der Waals surface area contributed by atoms with Gasteiger partial charge in [0.25, 0.3) is 0 Å². The molecule has 92 valence electrons. The van der Waals surface area contributed by atoms with Gasteiger partial charge in [-0.15, -0.1) is 0 Å². The highest BCUT2D eigenvalue weighted by Gasteiger charge is 2.05. The molecule has 0 heterocycles. The zero-order chi connectivity index (χ0) is 12.7. The molecule has 0 aliphatic heterocycles. The van der Waals surface area contributed by atoms with Gasteiger partial charge < -0.3 is 0 Å². The first kappa shape index (κ1) is 13.8. The van der Waals surface area contributed by atoms with Crippen LogP contribution in [-0.2, 0) is 10.0 Å². The van der Waals surface area contributed by atoms with Gasteiger partial charge in [-0.05, 0) is 30.7 Å². The van der Waals surface area contributed by atoms with E-state index in [0.717, 1.165) is 18.4 Å². The number of sulfonamides is 1. The molecule has 0 amide bonds. The predicted octanol–water partition coefficient (Wildman–Crippen LogP) is 2.27. The standard InChI is InChI=1S/C13H17NO2S/c1-2-3-4-5-6-7-12-8-10-13(11-9-12)17(14,15)16/h8-11H,2-5H2,1H3,(H2,14,15,16). The van der Waals surface area contributed by atoms with Gasteiger partial charge in [-0.25, -0.2) is 13.6 Å². The highest BCUT2D eigenvalue weighted by molar-refractivity contribution is 7.89. The van der Waals surface area contributed by atoms with Crippen molar-refractivity contribution in [1.29, 1.82) is 0 Å². The smallest absolute Gasteiger partial charge is 0.225 e. The number of nitrogens with two attached hydrogens (primary N) is 1. The molecule has 0 aromatic heterocycles. The van der Waals surface area contributed by atoms with E-state index in [-0.39, 0.29) is 4.90 Å². The zero-order valence-electron chi connectivity index (χ0n) is 9.94. The maximum Gasteiger partial charge on any atom is 0.238 e. The van der Waals surface area contributed by atoms with E-state index >= 15 is 0 Å². The molecule has 0 saturated carbocycles. The van der Waals surface area contributed by atoms with Crippen molar-refractivity contribution in [2.75, 3.05) is 0 Å². The second-order valence-electron chi connectivity index (χ2n) is 3.83. The average Bonchev–Trinajstić information content (AvgIpc) is 2.28. The van der Waals surface area contributed by atoms with Crippen LogP contribution in [0.1, 0.15) is 38.2 Å². The Kier molecular flexibility index (Phi) is 5.20. The quantitative estimate of drug-likeness (QED) is 0.659. The molecule has 0 spiro atoms. The van der Waals surface area contributed by atoms with Crippen LogP contribution < -0.4 is 5.14 Å². The van der Waals surface area contributed by atoms with Crippen LogP contribution >= 0.6 is 0 Å². The third-order valence-electron chi connectivity index (χ3n) is 2.32. The van der Waals surface area contributed by atoms with Gasteiger partial charge in [-0.1, -0.05) is 31.6 Å². The van der Waals surface area contributed by atoms with Crippen molar-refractivity contribution in [2.45, 2.75) is 37.5 Å². The Labute approximate surface area is 103 Å². The van der Waals surface area contributed by atoms with Gasteiger partial charge in [0.2, 0.25) is 10.0 Å². The van der Waals surface area contributed by atoms with Crippen molar-refractivity contribution in [3.8, 4) is 11.8 Å². The number of benzene rings is 1. The molecular formula is C13H17NO2S. The molecule has 0 saturated heterocycles. The highest BCUT2D eigenvalue weighted by atomic mass is 32.2. The van der Waals surface area contributed by atoms with Crippen LogP contribution in [0.3, 0.4) is 0 Å². The Bertz CT molecular complexity index is 507. The van der Waals surface area contributed by atoms with E-state index in [1.807, 2.05) is 0 Å². The molecular weight excluding hydrogens is 234 g/mol. The lowest BCUT2D eigenvalue weighted by Gasteiger charge is -1.96. The first-order valence-electron chi connectivity index (χ1n) is 5.66. The second-order valence-corrected chi connectivity index (χ2v) is 5.39. The predicted molar refractivity (Wildman–Crippen MR) is 68.8 cm³/mol. The Morgan fingerprint density at radius 1 is 1.18 bits per heavy atom. The Hall–Kier alpha value is -1.31. The number of primary sulfonamides is 1. The summed E-state index contributed by atoms with van der Waals surface area (Å²) in [6, 6.07) is 6.30. The molecule has 17 heavy (non-hydrogen) atoms. The Balaban J connectivity index is 2.63. The summed E-state index contributed by atoms with van der Waals surface area (Å²) < 4.78 is 22.0. The summed E-state index contributed by atoms with van der Waals surface area (Å²) in [6.45, 7) is 2.15. The van der Waals surface area contributed by atoms with Gasteiger partial charge in [-0.2, -0.15) is 0 Å². The van der Waals surface area contributed by atoms with E-state index in [1.54, 1.807) is 12.1 Å². The molecule has 1 rings (SSSR count). The fourth-order valence-electron chi connectivity index (χ4n) is 1.36. The number of unbranched alkanes of at least 4 members (excludes halogenated alkanes) is 3. The van der Waals surface area contributed by atoms with Crippen LogP contribution in [0.4, 0.5) is 0 Å². The van der Waals surface area contributed by atoms with Crippen molar-refractivity contribution < 1.29 is 8.42 Å². The minimum absolute atomic E-state index is 0.119. The van der Waals surface area contributed by atoms with E-state index in [4.69, 9.17) is 5.14 Å². The monoisotopic (exact) mass is 251 g/mol. The Morgan fingerprint density at radius 2 is 1.82 bits per heavy atom. The van der Waals surface area contributed by atoms with Crippen LogP contribution in [-0.4, -0.2) is 8.42 Å². The van der Waals surface area contributed by atoms with Crippen molar-refractivity contribution in [3.63, 3.8) is 0 Å². The summed E-state index contributed by atoms with van der Waals surface area (Å²) in [5.41, 5.74) is 0.814. The number of hydrogen-bond donors (Lipinski definition) is 1. The molecule has 1 aromatic carbocycles. The molecule has 1 aromatic rings. The summed E-state index contributed by atoms with van der Waals surface area (Å²) in [4.78, 5) is 0.119. The molecule has 0 radical (unpaired) electrons. The van der Waals surface area contributed by atoms with Gasteiger partial charge in [0.05, 0.1) is 4.90 Å². The van der Waals surface area contributed by atoms with E-state index in [2.05, 4.69) is 18.8 Å². The van der Waals surface area contributed by atoms with Crippen LogP contribution in [0.15, 0.2) is 29.2 Å². The molecule has 0 unspecified atom stereocenters. The lowest BCUT2D eigenvalue weighted by Crippen LogP contribution is -2.11. The minimum Gasteiger partial charge on any atom is -0.225 e. The van der Waals surface area contributed by atoms with Gasteiger partial charge in [-0.3, -0.25) is 0 Å². The van der Waals surface area contributed by atoms with Gasteiger partial charge in [0, 0.05) is 12.0 Å². The number of hydrogen-bond acceptors (Lipinski definition) is 2. The lowest BCUT2D eigenvalue weighted by molar-refractivity contribution is 0.598. The largest absolute Gasteiger partial charge is 0.238 e. The maximum absolute atomic E-state index is 11.0. The molecule has 0 aliphatic rings. The van der Waals surface area contributed by atoms with Crippen molar-refractivity contribution in [3.05, 3.63) is 29.8 Å². The summed E-state index contributed by atoms with van der Waals surface area (Å²) >= 11 is 0. The van der Waals surface area contributed by atoms with Crippen molar-refractivity contribution in [2.24, 2.45) is 5.14 Å². The normalized spacial score (nSPS) is 10.7. The lowest BCUT2D eigenvalue weighted by atomic mass is 10.2. The van der Waals surface area contributed by atoms with E-state index in [1.165, 1.54) is 25.0 Å². The minimum atomic E-state index is -3.60. The Morgan fingerprint density at radius 3 is 2.35 bits per heavy atom. The third kappa shape index (κ3) is 5.03. The van der Waals surface area contributed by atoms with Gasteiger partial charge >= 0.3 is 0 Å². The molecule has 4 heteroatoms. The molecule has 0 atom stereocenters. The van der Waals surface area contributed by atoms with Crippen LogP contribution in [0, 0.1) is 11.8 Å². The van der Waals surface area contributed by atoms with Crippen molar-refractivity contribution in [1.82, 2.24) is 0 Å². The molecule has 0 bridgehead atoms. The second kappa shape index (κ2) is 6.43. The molecule has 0 aliphatic carbocycles. The topological polar surface area (TPSA) is 60.2 Å². The highest BCUT2D eigenvalue weighted by Crippen LogP contribution is 2.07. The molecule has 0 fully saturated rings. The van der Waals surface area contributed by atoms with E-state index in [0.29, 0.717) is 0 Å². The van der Waals surface area contributed by atoms with Gasteiger partial charge in [0.15, 0.2) is 0 Å². The third-order valence-corrected chi connectivity index (χ3v) is 3.25. The SMILES string of the molecule is CCCCCC#Cc1ccc(S(N)(=O)=O)cc1. The summed E-state index contributed by atoms with van der Waals surface area (Å²) in [6.07, 6.45) is 4.37. The number of rotatable bonds is 4. The zero-order valence-corrected chi connectivity index (χ0v) is 10.8. The maximum atomic E-state index is 11.0. The average molecular weight is 251 g/mol. The van der Waals surface area contributed by atoms with Crippen molar-refractivity contribution >= 4 is 10.0 Å². The summed E-state index contributed by atoms with van der Waals surface area (Å²) in [5.74, 6) is 6.06. The summed E-state index contributed by atoms with van der Waals surface area (Å²) in [7, 11) is -3.60. The van der Waals surface area contributed by atoms with Gasteiger partial charge in [0.1, 0.15) is 0 Å². The fourth-order valence-corrected chi connectivity index (χ4v) is 1.87. The molecule has 3 nitrogen and oxygen atoms in total. The van der Waals surface area contributed by atoms with E-state index in [9.17, 15) is 8.42 Å². The van der Waals surface area contributed by atoms with E-state index < -0.39 is 10.0 Å². The van der Waals surface area contributed by atoms with Crippen LogP contribution in [0.25, 0.3) is 0 Å². The summed E-state index contributed by atoms with van der Waals surface area (Å²) in [5, 5.41) is 5.00. The molecule has 2 N–H and O–H groups in total. The fraction of sp³-hybridized carbons (Fsp3) is 0.385.